The molecule has 0 N–H and O–H groups in total. The predicted molar refractivity (Wildman–Crippen MR) is 121 cm³/mol. The summed E-state index contributed by atoms with van der Waals surface area (Å²) < 4.78 is 11.5. The number of hydrogen-bond donors (Lipinski definition) is 0. The third-order valence-electron chi connectivity index (χ3n) is 5.27. The molecule has 0 saturated heterocycles. The monoisotopic (exact) mass is 410 g/mol. The van der Waals surface area contributed by atoms with Gasteiger partial charge in [0.05, 0.1) is 17.6 Å². The second-order valence-electron chi connectivity index (χ2n) is 6.63. The largest absolute Gasteiger partial charge is 0.385 e. The molecule has 0 aromatic rings. The summed E-state index contributed by atoms with van der Waals surface area (Å²) in [6.07, 6.45) is 5.16. The lowest BCUT2D eigenvalue weighted by Gasteiger charge is -2.22. The van der Waals surface area contributed by atoms with Gasteiger partial charge in [-0.2, -0.15) is 0 Å². The summed E-state index contributed by atoms with van der Waals surface area (Å²) >= 11 is 0. The molecular formula is C18H42O2S2Si2. The van der Waals surface area contributed by atoms with Crippen molar-refractivity contribution >= 4 is 39.2 Å². The second kappa shape index (κ2) is 17.5. The highest BCUT2D eigenvalue weighted by atomic mass is 33.1. The van der Waals surface area contributed by atoms with E-state index in [1.165, 1.54) is 61.4 Å². The van der Waals surface area contributed by atoms with Crippen LogP contribution in [-0.2, 0) is 9.47 Å². The second-order valence-corrected chi connectivity index (χ2v) is 17.1. The average Bonchev–Trinajstić information content (AvgIpc) is 2.62. The third kappa shape index (κ3) is 10.9. The topological polar surface area (TPSA) is 18.5 Å². The molecule has 0 aromatic carbocycles. The molecule has 6 heteroatoms. The Balaban J connectivity index is 3.69. The van der Waals surface area contributed by atoms with Crippen molar-refractivity contribution in [3.8, 4) is 0 Å². The molecule has 0 rings (SSSR count). The molecule has 2 nitrogen and oxygen atoms in total. The standard InChI is InChI=1S/C18H42O2S2Si2/c1-7-23(8-2)17(19-5)13-11-15-21-22-16-12-14-18(20-6)24(9-3)10-4/h17-18,23-24H,7-16H2,1-6H3. The van der Waals surface area contributed by atoms with Crippen molar-refractivity contribution in [1.29, 1.82) is 0 Å². The van der Waals surface area contributed by atoms with E-state index in [9.17, 15) is 0 Å². The van der Waals surface area contributed by atoms with E-state index in [1.54, 1.807) is 0 Å². The van der Waals surface area contributed by atoms with Crippen molar-refractivity contribution in [2.24, 2.45) is 0 Å². The number of ether oxygens (including phenoxy) is 2. The first kappa shape index (κ1) is 25.1. The van der Waals surface area contributed by atoms with Gasteiger partial charge in [-0.3, -0.25) is 0 Å². The molecule has 0 aromatic heterocycles. The van der Waals surface area contributed by atoms with Crippen LogP contribution in [-0.4, -0.2) is 54.8 Å². The quantitative estimate of drug-likeness (QED) is 0.177. The fourth-order valence-corrected chi connectivity index (χ4v) is 11.2. The van der Waals surface area contributed by atoms with Gasteiger partial charge in [0.15, 0.2) is 0 Å². The Bertz CT molecular complexity index is 239. The SMILES string of the molecule is CC[SiH](CC)C(CCCSSCCCC(OC)[SiH](CC)CC)OC. The lowest BCUT2D eigenvalue weighted by atomic mass is 10.3. The molecule has 0 aliphatic rings. The molecule has 0 saturated carbocycles. The minimum Gasteiger partial charge on any atom is -0.385 e. The van der Waals surface area contributed by atoms with Crippen molar-refractivity contribution in [1.82, 2.24) is 0 Å². The summed E-state index contributed by atoms with van der Waals surface area (Å²) in [6, 6.07) is 5.49. The van der Waals surface area contributed by atoms with Gasteiger partial charge in [-0.15, -0.1) is 0 Å². The van der Waals surface area contributed by atoms with Gasteiger partial charge < -0.3 is 9.47 Å². The maximum Gasteiger partial charge on any atom is 0.0711 e. The summed E-state index contributed by atoms with van der Waals surface area (Å²) in [5, 5.41) is 0. The van der Waals surface area contributed by atoms with Gasteiger partial charge in [0.25, 0.3) is 0 Å². The van der Waals surface area contributed by atoms with E-state index in [2.05, 4.69) is 49.3 Å². The minimum atomic E-state index is -0.657. The lowest BCUT2D eigenvalue weighted by molar-refractivity contribution is 0.152. The summed E-state index contributed by atoms with van der Waals surface area (Å²) in [5.74, 6) is 2.54. The minimum absolute atomic E-state index is 0.595. The summed E-state index contributed by atoms with van der Waals surface area (Å²) in [6.45, 7) is 9.37. The predicted octanol–water partition coefficient (Wildman–Crippen LogP) is 5.57. The van der Waals surface area contributed by atoms with Crippen LogP contribution in [0.1, 0.15) is 53.4 Å². The van der Waals surface area contributed by atoms with Crippen molar-refractivity contribution in [3.05, 3.63) is 0 Å². The van der Waals surface area contributed by atoms with Gasteiger partial charge in [0.1, 0.15) is 0 Å². The van der Waals surface area contributed by atoms with Crippen LogP contribution in [0, 0.1) is 0 Å². The zero-order chi connectivity index (χ0) is 18.2. The maximum atomic E-state index is 5.76. The van der Waals surface area contributed by atoms with Crippen LogP contribution >= 0.6 is 21.6 Å². The average molecular weight is 411 g/mol. The van der Waals surface area contributed by atoms with Crippen LogP contribution in [0.25, 0.3) is 0 Å². The van der Waals surface area contributed by atoms with Gasteiger partial charge in [-0.1, -0.05) is 73.5 Å². The van der Waals surface area contributed by atoms with Crippen LogP contribution in [0.2, 0.25) is 24.2 Å². The lowest BCUT2D eigenvalue weighted by Crippen LogP contribution is -2.31. The van der Waals surface area contributed by atoms with Gasteiger partial charge in [-0.05, 0) is 25.7 Å². The highest BCUT2D eigenvalue weighted by Gasteiger charge is 2.19. The third-order valence-corrected chi connectivity index (χ3v) is 15.4. The molecule has 0 fully saturated rings. The molecule has 0 aliphatic heterocycles. The van der Waals surface area contributed by atoms with Crippen molar-refractivity contribution < 1.29 is 9.47 Å². The van der Waals surface area contributed by atoms with Crippen LogP contribution in [0.4, 0.5) is 0 Å². The highest BCUT2D eigenvalue weighted by Crippen LogP contribution is 2.26. The Morgan fingerprint density at radius 1 is 0.667 bits per heavy atom. The smallest absolute Gasteiger partial charge is 0.0711 e. The van der Waals surface area contributed by atoms with Gasteiger partial charge in [0.2, 0.25) is 0 Å². The fraction of sp³-hybridized carbons (Fsp3) is 1.00. The summed E-state index contributed by atoms with van der Waals surface area (Å²) in [5.41, 5.74) is 1.19. The number of rotatable bonds is 17. The van der Waals surface area contributed by atoms with Crippen molar-refractivity contribution in [2.75, 3.05) is 25.7 Å². The maximum absolute atomic E-state index is 5.76. The van der Waals surface area contributed by atoms with Crippen LogP contribution in [0.3, 0.4) is 0 Å². The molecule has 0 heterocycles. The molecule has 0 aliphatic carbocycles. The Morgan fingerprint density at radius 2 is 1.00 bits per heavy atom. The Kier molecular flexibility index (Phi) is 18.2. The normalized spacial score (nSPS) is 14.5. The summed E-state index contributed by atoms with van der Waals surface area (Å²) in [7, 11) is 6.62. The molecular weight excluding hydrogens is 369 g/mol. The van der Waals surface area contributed by atoms with E-state index >= 15 is 0 Å². The van der Waals surface area contributed by atoms with Crippen LogP contribution in [0.5, 0.6) is 0 Å². The molecule has 0 bridgehead atoms. The van der Waals surface area contributed by atoms with Crippen LogP contribution in [0.15, 0.2) is 0 Å². The fourth-order valence-electron chi connectivity index (χ4n) is 3.53. The first-order valence-corrected chi connectivity index (χ1v) is 17.1. The van der Waals surface area contributed by atoms with Gasteiger partial charge >= 0.3 is 0 Å². The van der Waals surface area contributed by atoms with Crippen molar-refractivity contribution in [2.45, 2.75) is 89.0 Å². The van der Waals surface area contributed by atoms with E-state index in [1.807, 2.05) is 14.2 Å². The molecule has 146 valence electrons. The van der Waals surface area contributed by atoms with Gasteiger partial charge in [0, 0.05) is 37.2 Å². The zero-order valence-electron chi connectivity index (χ0n) is 17.0. The Labute approximate surface area is 163 Å². The van der Waals surface area contributed by atoms with Crippen molar-refractivity contribution in [3.63, 3.8) is 0 Å². The highest BCUT2D eigenvalue weighted by molar-refractivity contribution is 8.76. The molecule has 0 spiro atoms. The van der Waals surface area contributed by atoms with E-state index in [4.69, 9.17) is 9.47 Å². The summed E-state index contributed by atoms with van der Waals surface area (Å²) in [4.78, 5) is 0. The zero-order valence-corrected chi connectivity index (χ0v) is 21.0. The Hall–Kier alpha value is 1.05. The van der Waals surface area contributed by atoms with Gasteiger partial charge in [-0.25, -0.2) is 0 Å². The first-order valence-electron chi connectivity index (χ1n) is 9.98. The van der Waals surface area contributed by atoms with Crippen LogP contribution < -0.4 is 0 Å². The molecule has 2 atom stereocenters. The molecule has 0 amide bonds. The number of hydrogen-bond acceptors (Lipinski definition) is 4. The van der Waals surface area contributed by atoms with E-state index < -0.39 is 17.6 Å². The van der Waals surface area contributed by atoms with E-state index in [-0.39, 0.29) is 0 Å². The molecule has 2 unspecified atom stereocenters. The molecule has 24 heavy (non-hydrogen) atoms. The number of methoxy groups -OCH3 is 2. The molecule has 0 radical (unpaired) electrons. The Morgan fingerprint density at radius 3 is 1.25 bits per heavy atom. The van der Waals surface area contributed by atoms with E-state index in [0.717, 1.165) is 0 Å². The van der Waals surface area contributed by atoms with E-state index in [0.29, 0.717) is 11.5 Å². The first-order chi connectivity index (χ1) is 11.7.